The third kappa shape index (κ3) is 8.34. The Balaban J connectivity index is 0.00000264. The molecule has 0 atom stereocenters. The van der Waals surface area contributed by atoms with Gasteiger partial charge >= 0.3 is 0 Å². The molecule has 0 aromatic heterocycles. The molecular formula is C18H31Cl2N3O. The highest BCUT2D eigenvalue weighted by atomic mass is 35.5. The monoisotopic (exact) mass is 375 g/mol. The molecule has 0 radical (unpaired) electrons. The van der Waals surface area contributed by atoms with Crippen molar-refractivity contribution in [2.45, 2.75) is 45.7 Å². The molecule has 1 heterocycles. The molecule has 1 fully saturated rings. The van der Waals surface area contributed by atoms with Crippen molar-refractivity contribution in [1.29, 1.82) is 0 Å². The minimum atomic E-state index is 0. The number of amides is 1. The average Bonchev–Trinajstić information content (AvgIpc) is 2.53. The topological polar surface area (TPSA) is 58.4 Å². The summed E-state index contributed by atoms with van der Waals surface area (Å²) in [5.41, 5.74) is 7.92. The van der Waals surface area contributed by atoms with E-state index >= 15 is 0 Å². The second kappa shape index (κ2) is 12.5. The van der Waals surface area contributed by atoms with Crippen molar-refractivity contribution in [3.63, 3.8) is 0 Å². The van der Waals surface area contributed by atoms with Gasteiger partial charge in [0.05, 0.1) is 0 Å². The number of nitrogens with one attached hydrogen (secondary N) is 1. The third-order valence-corrected chi connectivity index (χ3v) is 4.37. The van der Waals surface area contributed by atoms with Crippen molar-refractivity contribution in [2.24, 2.45) is 11.7 Å². The highest BCUT2D eigenvalue weighted by Gasteiger charge is 2.15. The lowest BCUT2D eigenvalue weighted by Crippen LogP contribution is -2.32. The maximum Gasteiger partial charge on any atom is 0.220 e. The molecule has 6 heteroatoms. The maximum atomic E-state index is 11.6. The van der Waals surface area contributed by atoms with Gasteiger partial charge in [-0.15, -0.1) is 24.8 Å². The van der Waals surface area contributed by atoms with Crippen LogP contribution in [0.3, 0.4) is 0 Å². The Morgan fingerprint density at radius 3 is 2.58 bits per heavy atom. The second-order valence-electron chi connectivity index (χ2n) is 6.45. The number of likely N-dealkylation sites (tertiary alicyclic amines) is 1. The van der Waals surface area contributed by atoms with E-state index in [4.69, 9.17) is 5.73 Å². The number of carbonyl (C=O) groups is 1. The normalized spacial score (nSPS) is 15.2. The summed E-state index contributed by atoms with van der Waals surface area (Å²) in [6, 6.07) is 8.55. The number of carbonyl (C=O) groups excluding carboxylic acids is 1. The van der Waals surface area contributed by atoms with Gasteiger partial charge in [0.15, 0.2) is 0 Å². The molecule has 138 valence electrons. The minimum absolute atomic E-state index is 0. The van der Waals surface area contributed by atoms with Crippen LogP contribution in [0.1, 0.15) is 43.7 Å². The number of piperidine rings is 1. The molecule has 3 N–H and O–H groups in total. The average molecular weight is 376 g/mol. The Morgan fingerprint density at radius 1 is 1.25 bits per heavy atom. The third-order valence-electron chi connectivity index (χ3n) is 4.37. The van der Waals surface area contributed by atoms with Gasteiger partial charge in [0.2, 0.25) is 5.91 Å². The highest BCUT2D eigenvalue weighted by molar-refractivity contribution is 5.85. The standard InChI is InChI=1S/C18H29N3O.2ClH/c1-15-7-10-21(11-8-15)14-17-5-2-4-16(12-17)13-20-18(22)6-3-9-19;;/h2,4-5,12,15H,3,6-11,13-14,19H2,1H3,(H,20,22);2*1H. The Hall–Kier alpha value is -0.810. The first-order valence-corrected chi connectivity index (χ1v) is 8.44. The molecule has 24 heavy (non-hydrogen) atoms. The van der Waals surface area contributed by atoms with Crippen LogP contribution in [-0.2, 0) is 17.9 Å². The quantitative estimate of drug-likeness (QED) is 0.769. The number of hydrogen-bond donors (Lipinski definition) is 2. The van der Waals surface area contributed by atoms with Crippen molar-refractivity contribution in [3.8, 4) is 0 Å². The first-order valence-electron chi connectivity index (χ1n) is 8.44. The zero-order valence-electron chi connectivity index (χ0n) is 14.5. The molecular weight excluding hydrogens is 345 g/mol. The second-order valence-corrected chi connectivity index (χ2v) is 6.45. The number of rotatable bonds is 7. The van der Waals surface area contributed by atoms with E-state index in [9.17, 15) is 4.79 Å². The lowest BCUT2D eigenvalue weighted by atomic mass is 9.98. The Morgan fingerprint density at radius 2 is 1.92 bits per heavy atom. The molecule has 1 aliphatic rings. The molecule has 0 aliphatic carbocycles. The first-order chi connectivity index (χ1) is 10.7. The van der Waals surface area contributed by atoms with Crippen molar-refractivity contribution in [2.75, 3.05) is 19.6 Å². The fourth-order valence-electron chi connectivity index (χ4n) is 2.87. The molecule has 1 aromatic rings. The maximum absolute atomic E-state index is 11.6. The largest absolute Gasteiger partial charge is 0.352 e. The molecule has 1 saturated heterocycles. The van der Waals surface area contributed by atoms with Gasteiger partial charge in [-0.25, -0.2) is 0 Å². The van der Waals surface area contributed by atoms with Gasteiger partial charge in [-0.1, -0.05) is 31.2 Å². The Kier molecular flexibility index (Phi) is 12.1. The van der Waals surface area contributed by atoms with Crippen molar-refractivity contribution >= 4 is 30.7 Å². The van der Waals surface area contributed by atoms with Crippen LogP contribution in [0.4, 0.5) is 0 Å². The summed E-state index contributed by atoms with van der Waals surface area (Å²) >= 11 is 0. The minimum Gasteiger partial charge on any atom is -0.352 e. The summed E-state index contributed by atoms with van der Waals surface area (Å²) in [6.45, 7) is 6.92. The number of halogens is 2. The molecule has 1 amide bonds. The molecule has 1 aliphatic heterocycles. The summed E-state index contributed by atoms with van der Waals surface area (Å²) in [5, 5.41) is 2.96. The van der Waals surface area contributed by atoms with Crippen LogP contribution in [0.25, 0.3) is 0 Å². The van der Waals surface area contributed by atoms with E-state index in [1.54, 1.807) is 0 Å². The fourth-order valence-corrected chi connectivity index (χ4v) is 2.87. The van der Waals surface area contributed by atoms with Crippen LogP contribution in [0.2, 0.25) is 0 Å². The van der Waals surface area contributed by atoms with Crippen molar-refractivity contribution in [1.82, 2.24) is 10.2 Å². The number of benzene rings is 1. The number of nitrogens with zero attached hydrogens (tertiary/aromatic N) is 1. The van der Waals surface area contributed by atoms with Gasteiger partial charge in [-0.05, 0) is 55.9 Å². The number of hydrogen-bond acceptors (Lipinski definition) is 3. The van der Waals surface area contributed by atoms with Crippen molar-refractivity contribution < 1.29 is 4.79 Å². The highest BCUT2D eigenvalue weighted by Crippen LogP contribution is 2.18. The Bertz CT molecular complexity index is 477. The smallest absolute Gasteiger partial charge is 0.220 e. The molecule has 2 rings (SSSR count). The molecule has 0 saturated carbocycles. The lowest BCUT2D eigenvalue weighted by molar-refractivity contribution is -0.121. The summed E-state index contributed by atoms with van der Waals surface area (Å²) in [7, 11) is 0. The molecule has 0 unspecified atom stereocenters. The van der Waals surface area contributed by atoms with Gasteiger partial charge < -0.3 is 11.1 Å². The molecule has 0 spiro atoms. The number of nitrogens with two attached hydrogens (primary N) is 1. The first kappa shape index (κ1) is 23.2. The van der Waals surface area contributed by atoms with E-state index in [1.807, 2.05) is 0 Å². The fraction of sp³-hybridized carbons (Fsp3) is 0.611. The van der Waals surface area contributed by atoms with E-state index in [0.717, 1.165) is 18.9 Å². The van der Waals surface area contributed by atoms with Gasteiger partial charge in [-0.2, -0.15) is 0 Å². The van der Waals surface area contributed by atoms with E-state index in [0.29, 0.717) is 19.5 Å². The molecule has 0 bridgehead atoms. The summed E-state index contributed by atoms with van der Waals surface area (Å²) in [4.78, 5) is 14.2. The van der Waals surface area contributed by atoms with Crippen LogP contribution in [0, 0.1) is 5.92 Å². The SMILES string of the molecule is CC1CCN(Cc2cccc(CNC(=O)CCCN)c2)CC1.Cl.Cl. The van der Waals surface area contributed by atoms with E-state index in [-0.39, 0.29) is 30.7 Å². The lowest BCUT2D eigenvalue weighted by Gasteiger charge is -2.30. The van der Waals surface area contributed by atoms with Crippen LogP contribution in [0.5, 0.6) is 0 Å². The van der Waals surface area contributed by atoms with E-state index in [2.05, 4.69) is 41.4 Å². The summed E-state index contributed by atoms with van der Waals surface area (Å²) in [6.07, 6.45) is 3.87. The van der Waals surface area contributed by atoms with Crippen LogP contribution in [0.15, 0.2) is 24.3 Å². The van der Waals surface area contributed by atoms with Crippen LogP contribution in [-0.4, -0.2) is 30.4 Å². The predicted molar refractivity (Wildman–Crippen MR) is 105 cm³/mol. The zero-order valence-corrected chi connectivity index (χ0v) is 16.1. The van der Waals surface area contributed by atoms with Gasteiger partial charge in [0.25, 0.3) is 0 Å². The van der Waals surface area contributed by atoms with E-state index < -0.39 is 0 Å². The van der Waals surface area contributed by atoms with E-state index in [1.165, 1.54) is 37.1 Å². The van der Waals surface area contributed by atoms with Crippen molar-refractivity contribution in [3.05, 3.63) is 35.4 Å². The molecule has 1 aromatic carbocycles. The van der Waals surface area contributed by atoms with Gasteiger partial charge in [0, 0.05) is 19.5 Å². The summed E-state index contributed by atoms with van der Waals surface area (Å²) < 4.78 is 0. The van der Waals surface area contributed by atoms with Crippen LogP contribution < -0.4 is 11.1 Å². The zero-order chi connectivity index (χ0) is 15.8. The molecule has 4 nitrogen and oxygen atoms in total. The predicted octanol–water partition coefficient (Wildman–Crippen LogP) is 3.12. The Labute approximate surface area is 158 Å². The van der Waals surface area contributed by atoms with Crippen LogP contribution >= 0.6 is 24.8 Å². The summed E-state index contributed by atoms with van der Waals surface area (Å²) in [5.74, 6) is 0.951. The van der Waals surface area contributed by atoms with Gasteiger partial charge in [0.1, 0.15) is 0 Å². The van der Waals surface area contributed by atoms with Gasteiger partial charge in [-0.3, -0.25) is 9.69 Å².